The minimum atomic E-state index is -3.86. The van der Waals surface area contributed by atoms with E-state index in [0.29, 0.717) is 17.9 Å². The van der Waals surface area contributed by atoms with E-state index in [0.717, 1.165) is 6.07 Å². The standard InChI is InChI=1S/C20H23NO7S/c1-5-27-16-9-6-14(7-10-16)19(22)13(2)28-20(23)15-8-11-17(26-4)18(12-15)29(24,25)21-3/h6-13,21H,5H2,1-4H3/t13-/m1/s1. The lowest BCUT2D eigenvalue weighted by Gasteiger charge is -2.14. The number of carbonyl (C=O) groups is 2. The van der Waals surface area contributed by atoms with Crippen molar-refractivity contribution in [2.45, 2.75) is 24.8 Å². The minimum absolute atomic E-state index is 0.0223. The van der Waals surface area contributed by atoms with Crippen LogP contribution in [0, 0.1) is 0 Å². The highest BCUT2D eigenvalue weighted by atomic mass is 32.2. The van der Waals surface area contributed by atoms with Crippen LogP contribution >= 0.6 is 0 Å². The predicted octanol–water partition coefficient (Wildman–Crippen LogP) is 2.43. The van der Waals surface area contributed by atoms with Gasteiger partial charge >= 0.3 is 5.97 Å². The van der Waals surface area contributed by atoms with E-state index in [9.17, 15) is 18.0 Å². The molecule has 29 heavy (non-hydrogen) atoms. The first-order valence-corrected chi connectivity index (χ1v) is 10.3. The Bertz CT molecular complexity index is 984. The van der Waals surface area contributed by atoms with Crippen LogP contribution in [0.25, 0.3) is 0 Å². The first-order chi connectivity index (χ1) is 13.7. The molecule has 2 aromatic carbocycles. The Morgan fingerprint density at radius 2 is 1.69 bits per heavy atom. The molecule has 0 spiro atoms. The Morgan fingerprint density at radius 1 is 1.07 bits per heavy atom. The maximum absolute atomic E-state index is 12.5. The number of nitrogens with one attached hydrogen (secondary N) is 1. The number of rotatable bonds is 9. The topological polar surface area (TPSA) is 108 Å². The molecular weight excluding hydrogens is 398 g/mol. The zero-order chi connectivity index (χ0) is 21.6. The predicted molar refractivity (Wildman–Crippen MR) is 106 cm³/mol. The van der Waals surface area contributed by atoms with Gasteiger partial charge in [0.05, 0.1) is 19.3 Å². The molecule has 0 radical (unpaired) electrons. The van der Waals surface area contributed by atoms with Gasteiger partial charge in [0.2, 0.25) is 15.8 Å². The highest BCUT2D eigenvalue weighted by Gasteiger charge is 2.24. The molecule has 0 bridgehead atoms. The van der Waals surface area contributed by atoms with E-state index in [1.165, 1.54) is 33.2 Å². The van der Waals surface area contributed by atoms with Crippen LogP contribution < -0.4 is 14.2 Å². The number of carbonyl (C=O) groups excluding carboxylic acids is 2. The molecule has 0 fully saturated rings. The van der Waals surface area contributed by atoms with E-state index >= 15 is 0 Å². The van der Waals surface area contributed by atoms with Crippen molar-refractivity contribution in [2.75, 3.05) is 20.8 Å². The smallest absolute Gasteiger partial charge is 0.338 e. The summed E-state index contributed by atoms with van der Waals surface area (Å²) in [5.41, 5.74) is 0.341. The molecule has 9 heteroatoms. The lowest BCUT2D eigenvalue weighted by Crippen LogP contribution is -2.25. The zero-order valence-corrected chi connectivity index (χ0v) is 17.4. The average molecular weight is 421 g/mol. The van der Waals surface area contributed by atoms with Crippen molar-refractivity contribution in [1.29, 1.82) is 0 Å². The van der Waals surface area contributed by atoms with Gasteiger partial charge in [-0.25, -0.2) is 17.9 Å². The molecule has 0 aromatic heterocycles. The largest absolute Gasteiger partial charge is 0.495 e. The third-order valence-electron chi connectivity index (χ3n) is 4.06. The molecule has 0 aliphatic heterocycles. The number of esters is 1. The lowest BCUT2D eigenvalue weighted by atomic mass is 10.1. The summed E-state index contributed by atoms with van der Waals surface area (Å²) < 4.78 is 42.0. The molecule has 0 unspecified atom stereocenters. The van der Waals surface area contributed by atoms with Crippen LogP contribution in [0.4, 0.5) is 0 Å². The summed E-state index contributed by atoms with van der Waals surface area (Å²) in [6, 6.07) is 10.3. The van der Waals surface area contributed by atoms with Gasteiger partial charge in [-0.2, -0.15) is 0 Å². The first kappa shape index (κ1) is 22.4. The lowest BCUT2D eigenvalue weighted by molar-refractivity contribution is 0.0318. The van der Waals surface area contributed by atoms with Gasteiger partial charge in [-0.1, -0.05) is 0 Å². The van der Waals surface area contributed by atoms with E-state index in [1.54, 1.807) is 24.3 Å². The minimum Gasteiger partial charge on any atom is -0.495 e. The fraction of sp³-hybridized carbons (Fsp3) is 0.300. The van der Waals surface area contributed by atoms with Gasteiger partial charge in [-0.15, -0.1) is 0 Å². The summed E-state index contributed by atoms with van der Waals surface area (Å²) in [6.07, 6.45) is -1.06. The second-order valence-electron chi connectivity index (χ2n) is 5.94. The Kier molecular flexibility index (Phi) is 7.35. The van der Waals surface area contributed by atoms with Crippen molar-refractivity contribution < 1.29 is 32.2 Å². The normalized spacial score (nSPS) is 12.1. The maximum Gasteiger partial charge on any atom is 0.338 e. The van der Waals surface area contributed by atoms with E-state index in [1.807, 2.05) is 6.92 Å². The van der Waals surface area contributed by atoms with Crippen LogP contribution in [0.1, 0.15) is 34.6 Å². The SMILES string of the molecule is CCOc1ccc(C(=O)[C@@H](C)OC(=O)c2ccc(OC)c(S(=O)(=O)NC)c2)cc1. The Hall–Kier alpha value is -2.91. The number of methoxy groups -OCH3 is 1. The summed E-state index contributed by atoms with van der Waals surface area (Å²) in [6.45, 7) is 3.81. The summed E-state index contributed by atoms with van der Waals surface area (Å²) in [5, 5.41) is 0. The van der Waals surface area contributed by atoms with Crippen molar-refractivity contribution in [2.24, 2.45) is 0 Å². The molecule has 2 aromatic rings. The molecular formula is C20H23NO7S. The molecule has 0 heterocycles. The Morgan fingerprint density at radius 3 is 2.24 bits per heavy atom. The van der Waals surface area contributed by atoms with Crippen molar-refractivity contribution >= 4 is 21.8 Å². The number of ether oxygens (including phenoxy) is 3. The molecule has 0 aliphatic carbocycles. The van der Waals surface area contributed by atoms with Crippen LogP contribution in [-0.2, 0) is 14.8 Å². The van der Waals surface area contributed by atoms with Crippen LogP contribution in [0.3, 0.4) is 0 Å². The molecule has 8 nitrogen and oxygen atoms in total. The molecule has 1 atom stereocenters. The van der Waals surface area contributed by atoms with Gasteiger partial charge in [-0.3, -0.25) is 4.79 Å². The van der Waals surface area contributed by atoms with Crippen LogP contribution in [-0.4, -0.2) is 47.0 Å². The summed E-state index contributed by atoms with van der Waals surface area (Å²) in [4.78, 5) is 24.8. The summed E-state index contributed by atoms with van der Waals surface area (Å²) in [5.74, 6) is -0.510. The third-order valence-corrected chi connectivity index (χ3v) is 5.50. The molecule has 0 saturated heterocycles. The quantitative estimate of drug-likeness (QED) is 0.489. The van der Waals surface area contributed by atoms with Gasteiger partial charge in [0, 0.05) is 5.56 Å². The van der Waals surface area contributed by atoms with Crippen molar-refractivity contribution in [3.8, 4) is 11.5 Å². The highest BCUT2D eigenvalue weighted by molar-refractivity contribution is 7.89. The van der Waals surface area contributed by atoms with E-state index < -0.39 is 27.9 Å². The Labute approximate surface area is 169 Å². The average Bonchev–Trinajstić information content (AvgIpc) is 2.73. The fourth-order valence-electron chi connectivity index (χ4n) is 2.52. The number of Topliss-reactive ketones (excluding diaryl/α,β-unsaturated/α-hetero) is 1. The monoisotopic (exact) mass is 421 g/mol. The molecule has 1 N–H and O–H groups in total. The van der Waals surface area contributed by atoms with E-state index in [4.69, 9.17) is 14.2 Å². The molecule has 0 saturated carbocycles. The molecule has 0 aliphatic rings. The van der Waals surface area contributed by atoms with Crippen molar-refractivity contribution in [1.82, 2.24) is 4.72 Å². The van der Waals surface area contributed by atoms with Gasteiger partial charge in [0.25, 0.3) is 0 Å². The molecule has 0 amide bonds. The summed E-state index contributed by atoms with van der Waals surface area (Å²) in [7, 11) is -1.29. The Balaban J connectivity index is 2.18. The van der Waals surface area contributed by atoms with Gasteiger partial charge in [-0.05, 0) is 63.4 Å². The van der Waals surface area contributed by atoms with Crippen LogP contribution in [0.2, 0.25) is 0 Å². The van der Waals surface area contributed by atoms with Crippen LogP contribution in [0.5, 0.6) is 11.5 Å². The van der Waals surface area contributed by atoms with Crippen molar-refractivity contribution in [3.63, 3.8) is 0 Å². The number of ketones is 1. The van der Waals surface area contributed by atoms with E-state index in [2.05, 4.69) is 4.72 Å². The zero-order valence-electron chi connectivity index (χ0n) is 16.6. The number of benzene rings is 2. The van der Waals surface area contributed by atoms with E-state index in [-0.39, 0.29) is 16.2 Å². The molecule has 2 rings (SSSR count). The summed E-state index contributed by atoms with van der Waals surface area (Å²) >= 11 is 0. The number of sulfonamides is 1. The second kappa shape index (κ2) is 9.53. The van der Waals surface area contributed by atoms with Gasteiger partial charge in [0.1, 0.15) is 16.4 Å². The highest BCUT2D eigenvalue weighted by Crippen LogP contribution is 2.25. The number of hydrogen-bond acceptors (Lipinski definition) is 7. The van der Waals surface area contributed by atoms with Gasteiger partial charge < -0.3 is 14.2 Å². The molecule has 156 valence electrons. The first-order valence-electron chi connectivity index (χ1n) is 8.83. The number of hydrogen-bond donors (Lipinski definition) is 1. The maximum atomic E-state index is 12.5. The van der Waals surface area contributed by atoms with Crippen LogP contribution in [0.15, 0.2) is 47.4 Å². The van der Waals surface area contributed by atoms with Gasteiger partial charge in [0.15, 0.2) is 6.10 Å². The third kappa shape index (κ3) is 5.33. The fourth-order valence-corrected chi connectivity index (χ4v) is 3.44. The second-order valence-corrected chi connectivity index (χ2v) is 7.80. The van der Waals surface area contributed by atoms with Crippen molar-refractivity contribution in [3.05, 3.63) is 53.6 Å².